The Morgan fingerprint density at radius 3 is 2.63 bits per heavy atom. The van der Waals surface area contributed by atoms with Crippen molar-refractivity contribution >= 4 is 11.8 Å². The van der Waals surface area contributed by atoms with Crippen molar-refractivity contribution in [3.05, 3.63) is 35.6 Å². The zero-order valence-corrected chi connectivity index (χ0v) is 15.7. The van der Waals surface area contributed by atoms with Gasteiger partial charge in [-0.2, -0.15) is 0 Å². The predicted molar refractivity (Wildman–Crippen MR) is 101 cm³/mol. The fourth-order valence-corrected chi connectivity index (χ4v) is 4.33. The molecule has 3 heterocycles. The molecule has 27 heavy (non-hydrogen) atoms. The van der Waals surface area contributed by atoms with E-state index < -0.39 is 0 Å². The summed E-state index contributed by atoms with van der Waals surface area (Å²) in [5.41, 5.74) is 1.01. The Morgan fingerprint density at radius 1 is 1.11 bits per heavy atom. The van der Waals surface area contributed by atoms with Gasteiger partial charge in [0, 0.05) is 32.2 Å². The van der Waals surface area contributed by atoms with E-state index >= 15 is 0 Å². The molecule has 1 aliphatic carbocycles. The lowest BCUT2D eigenvalue weighted by Crippen LogP contribution is -2.48. The van der Waals surface area contributed by atoms with Crippen LogP contribution in [-0.4, -0.2) is 60.4 Å². The number of benzene rings is 1. The van der Waals surface area contributed by atoms with Crippen LogP contribution < -0.4 is 5.32 Å². The number of carbonyl (C=O) groups excluding carboxylic acids is 2. The first-order valence-corrected chi connectivity index (χ1v) is 10.1. The van der Waals surface area contributed by atoms with E-state index in [0.717, 1.165) is 31.5 Å². The first-order chi connectivity index (χ1) is 13.1. The van der Waals surface area contributed by atoms with Crippen LogP contribution in [0.1, 0.15) is 31.2 Å². The number of nitrogens with zero attached hydrogens (tertiary/aromatic N) is 2. The van der Waals surface area contributed by atoms with Crippen LogP contribution in [0.2, 0.25) is 0 Å². The van der Waals surface area contributed by atoms with Gasteiger partial charge in [0.05, 0.1) is 12.5 Å². The molecule has 2 amide bonds. The lowest BCUT2D eigenvalue weighted by Gasteiger charge is -2.36. The van der Waals surface area contributed by atoms with E-state index in [1.807, 2.05) is 0 Å². The van der Waals surface area contributed by atoms with Gasteiger partial charge in [-0.05, 0) is 55.7 Å². The zero-order chi connectivity index (χ0) is 18.8. The highest BCUT2D eigenvalue weighted by Crippen LogP contribution is 2.35. The third-order valence-electron chi connectivity index (χ3n) is 6.04. The van der Waals surface area contributed by atoms with E-state index in [-0.39, 0.29) is 23.7 Å². The number of rotatable bonds is 7. The van der Waals surface area contributed by atoms with Gasteiger partial charge in [0.25, 0.3) is 0 Å². The summed E-state index contributed by atoms with van der Waals surface area (Å²) in [6.45, 7) is 3.30. The van der Waals surface area contributed by atoms with Crippen molar-refractivity contribution in [2.24, 2.45) is 11.8 Å². The highest BCUT2D eigenvalue weighted by Gasteiger charge is 2.42. The van der Waals surface area contributed by atoms with Crippen molar-refractivity contribution < 1.29 is 14.0 Å². The van der Waals surface area contributed by atoms with Gasteiger partial charge in [0.15, 0.2) is 0 Å². The van der Waals surface area contributed by atoms with Gasteiger partial charge in [-0.3, -0.25) is 14.5 Å². The van der Waals surface area contributed by atoms with E-state index in [2.05, 4.69) is 15.1 Å². The maximum Gasteiger partial charge on any atom is 0.234 e. The van der Waals surface area contributed by atoms with Crippen LogP contribution >= 0.6 is 0 Å². The monoisotopic (exact) mass is 373 g/mol. The van der Waals surface area contributed by atoms with Gasteiger partial charge in [0.2, 0.25) is 11.8 Å². The molecular formula is C21H28FN3O2. The van der Waals surface area contributed by atoms with Crippen molar-refractivity contribution in [2.45, 2.75) is 38.1 Å². The first kappa shape index (κ1) is 18.4. The lowest BCUT2D eigenvalue weighted by molar-refractivity contribution is -0.140. The van der Waals surface area contributed by atoms with Gasteiger partial charge in [-0.1, -0.05) is 12.1 Å². The van der Waals surface area contributed by atoms with Gasteiger partial charge in [-0.15, -0.1) is 0 Å². The fourth-order valence-electron chi connectivity index (χ4n) is 4.33. The van der Waals surface area contributed by atoms with Crippen LogP contribution in [0, 0.1) is 17.7 Å². The Hall–Kier alpha value is -1.95. The minimum atomic E-state index is -0.246. The quantitative estimate of drug-likeness (QED) is 0.793. The molecule has 146 valence electrons. The number of carbonyl (C=O) groups is 2. The maximum absolute atomic E-state index is 12.9. The van der Waals surface area contributed by atoms with Crippen LogP contribution in [0.25, 0.3) is 0 Å². The average Bonchev–Trinajstić information content (AvgIpc) is 3.48. The van der Waals surface area contributed by atoms with Crippen molar-refractivity contribution in [1.82, 2.24) is 15.1 Å². The van der Waals surface area contributed by atoms with Crippen LogP contribution in [-0.2, 0) is 16.0 Å². The molecule has 1 aromatic carbocycles. The van der Waals surface area contributed by atoms with Crippen LogP contribution in [0.3, 0.4) is 0 Å². The van der Waals surface area contributed by atoms with E-state index in [4.69, 9.17) is 0 Å². The van der Waals surface area contributed by atoms with Gasteiger partial charge in [0.1, 0.15) is 5.82 Å². The largest absolute Gasteiger partial charge is 0.355 e. The Labute approximate surface area is 159 Å². The molecular weight excluding hydrogens is 345 g/mol. The molecule has 0 unspecified atom stereocenters. The summed E-state index contributed by atoms with van der Waals surface area (Å²) >= 11 is 0. The van der Waals surface area contributed by atoms with E-state index in [0.29, 0.717) is 37.9 Å². The summed E-state index contributed by atoms with van der Waals surface area (Å²) in [4.78, 5) is 29.3. The van der Waals surface area contributed by atoms with Crippen molar-refractivity contribution in [3.63, 3.8) is 0 Å². The van der Waals surface area contributed by atoms with Gasteiger partial charge >= 0.3 is 0 Å². The molecule has 5 nitrogen and oxygen atoms in total. The molecule has 4 aliphatic rings. The molecule has 2 bridgehead atoms. The summed E-state index contributed by atoms with van der Waals surface area (Å²) in [6, 6.07) is 6.63. The molecule has 1 saturated carbocycles. The number of fused-ring (bicyclic) bond motifs is 4. The second-order valence-corrected chi connectivity index (χ2v) is 8.28. The van der Waals surface area contributed by atoms with Crippen molar-refractivity contribution in [2.75, 3.05) is 32.7 Å². The summed E-state index contributed by atoms with van der Waals surface area (Å²) in [6.07, 6.45) is 5.20. The minimum Gasteiger partial charge on any atom is -0.355 e. The van der Waals surface area contributed by atoms with Crippen LogP contribution in [0.5, 0.6) is 0 Å². The third kappa shape index (κ3) is 4.67. The Bertz CT molecular complexity index is 689. The van der Waals surface area contributed by atoms with E-state index in [1.165, 1.54) is 25.0 Å². The topological polar surface area (TPSA) is 52.7 Å². The average molecular weight is 373 g/mol. The number of piperidine rings is 1. The number of amides is 2. The number of hydrogen-bond acceptors (Lipinski definition) is 3. The summed E-state index contributed by atoms with van der Waals surface area (Å²) in [5.74, 6) is 0.812. The normalized spacial score (nSPS) is 25.5. The molecule has 6 heteroatoms. The second-order valence-electron chi connectivity index (χ2n) is 8.28. The molecule has 0 aromatic heterocycles. The molecule has 3 aliphatic heterocycles. The Kier molecular flexibility index (Phi) is 5.43. The summed E-state index contributed by atoms with van der Waals surface area (Å²) < 4.78 is 12.9. The molecule has 4 fully saturated rings. The third-order valence-corrected chi connectivity index (χ3v) is 6.04. The molecule has 3 saturated heterocycles. The maximum atomic E-state index is 12.9. The lowest BCUT2D eigenvalue weighted by atomic mass is 9.94. The van der Waals surface area contributed by atoms with Gasteiger partial charge in [-0.25, -0.2) is 4.39 Å². The van der Waals surface area contributed by atoms with Crippen molar-refractivity contribution in [3.8, 4) is 0 Å². The molecule has 1 N–H and O–H groups in total. The zero-order valence-electron chi connectivity index (χ0n) is 15.7. The standard InChI is InChI=1S/C21H28FN3O2/c22-18-6-3-15(4-7-18)9-10-23-20(26)14-24-12-17-5-8-19(13-24)25(21(17)27)11-16-1-2-16/h3-4,6-7,16-17,19H,1-2,5,8-14H2,(H,23,26)/t17-,19+/m0/s1. The van der Waals surface area contributed by atoms with Crippen LogP contribution in [0.15, 0.2) is 24.3 Å². The highest BCUT2D eigenvalue weighted by atomic mass is 19.1. The first-order valence-electron chi connectivity index (χ1n) is 10.1. The minimum absolute atomic E-state index is 0.000367. The highest BCUT2D eigenvalue weighted by molar-refractivity contribution is 5.81. The second kappa shape index (κ2) is 7.97. The number of nitrogens with one attached hydrogen (secondary N) is 1. The molecule has 0 spiro atoms. The Balaban J connectivity index is 1.26. The summed E-state index contributed by atoms with van der Waals surface area (Å²) in [5, 5.41) is 2.96. The van der Waals surface area contributed by atoms with E-state index in [1.54, 1.807) is 12.1 Å². The smallest absolute Gasteiger partial charge is 0.234 e. The molecule has 2 atom stereocenters. The van der Waals surface area contributed by atoms with Crippen LogP contribution in [0.4, 0.5) is 4.39 Å². The number of hydrogen-bond donors (Lipinski definition) is 1. The summed E-state index contributed by atoms with van der Waals surface area (Å²) in [7, 11) is 0. The molecule has 1 aromatic rings. The van der Waals surface area contributed by atoms with Crippen molar-refractivity contribution in [1.29, 1.82) is 0 Å². The van der Waals surface area contributed by atoms with Gasteiger partial charge < -0.3 is 10.2 Å². The molecule has 0 radical (unpaired) electrons. The molecule has 5 rings (SSSR count). The van der Waals surface area contributed by atoms with E-state index in [9.17, 15) is 14.0 Å². The number of halogens is 1. The SMILES string of the molecule is O=C(CN1C[C@@H]2CC[C@H](C1)N(CC1CC1)C2=O)NCCc1ccc(F)cc1. The predicted octanol–water partition coefficient (Wildman–Crippen LogP) is 1.82. The Morgan fingerprint density at radius 2 is 1.89 bits per heavy atom. The fraction of sp³-hybridized carbons (Fsp3) is 0.619.